The van der Waals surface area contributed by atoms with E-state index in [1.54, 1.807) is 0 Å². The zero-order valence-corrected chi connectivity index (χ0v) is 17.8. The van der Waals surface area contributed by atoms with Gasteiger partial charge in [0.15, 0.2) is 8.32 Å². The van der Waals surface area contributed by atoms with Crippen LogP contribution in [0.25, 0.3) is 0 Å². The van der Waals surface area contributed by atoms with E-state index in [1.807, 2.05) is 42.5 Å². The Morgan fingerprint density at radius 1 is 1.08 bits per heavy atom. The van der Waals surface area contributed by atoms with Gasteiger partial charge in [0, 0.05) is 0 Å². The lowest BCUT2D eigenvalue weighted by atomic mass is 9.99. The highest BCUT2D eigenvalue weighted by Crippen LogP contribution is 2.39. The monoisotopic (exact) mass is 412 g/mol. The highest BCUT2D eigenvalue weighted by atomic mass is 79.9. The Hall–Kier alpha value is -0.463. The minimum absolute atomic E-state index is 0.127. The molecule has 0 spiro atoms. The van der Waals surface area contributed by atoms with Gasteiger partial charge in [-0.25, -0.2) is 0 Å². The average molecular weight is 413 g/mol. The van der Waals surface area contributed by atoms with E-state index >= 15 is 0 Å². The standard InChI is InChI=1S/C19H29BrO3Si/c1-19(2,3)24(4,5)23-15-11-12-16(18(21)17(15)20)22-13-14-9-7-6-8-10-14/h6-12,15-18,21H,13H2,1-5H3/t15-,16+,17+,18-/m0/s1. The lowest BCUT2D eigenvalue weighted by molar-refractivity contribution is -0.0343. The number of hydrogen-bond acceptors (Lipinski definition) is 3. The van der Waals surface area contributed by atoms with Crippen LogP contribution in [0.15, 0.2) is 42.5 Å². The maximum absolute atomic E-state index is 10.6. The Kier molecular flexibility index (Phi) is 6.48. The summed E-state index contributed by atoms with van der Waals surface area (Å²) in [6, 6.07) is 10.0. The third kappa shape index (κ3) is 4.79. The van der Waals surface area contributed by atoms with Gasteiger partial charge in [0.1, 0.15) is 6.10 Å². The Bertz CT molecular complexity index is 553. The van der Waals surface area contributed by atoms with Gasteiger partial charge in [-0.3, -0.25) is 0 Å². The van der Waals surface area contributed by atoms with Gasteiger partial charge in [-0.2, -0.15) is 0 Å². The lowest BCUT2D eigenvalue weighted by Gasteiger charge is -2.42. The topological polar surface area (TPSA) is 38.7 Å². The number of benzene rings is 1. The maximum Gasteiger partial charge on any atom is 0.192 e. The summed E-state index contributed by atoms with van der Waals surface area (Å²) in [4.78, 5) is -0.169. The predicted molar refractivity (Wildman–Crippen MR) is 105 cm³/mol. The third-order valence-corrected chi connectivity index (χ3v) is 10.5. The molecular weight excluding hydrogens is 384 g/mol. The lowest BCUT2D eigenvalue weighted by Crippen LogP contribution is -2.51. The van der Waals surface area contributed by atoms with Gasteiger partial charge in [0.25, 0.3) is 0 Å². The number of ether oxygens (including phenoxy) is 1. The summed E-state index contributed by atoms with van der Waals surface area (Å²) in [7, 11) is -1.89. The molecule has 0 fully saturated rings. The summed E-state index contributed by atoms with van der Waals surface area (Å²) in [6.07, 6.45) is 2.88. The molecule has 0 unspecified atom stereocenters. The highest BCUT2D eigenvalue weighted by molar-refractivity contribution is 9.09. The summed E-state index contributed by atoms with van der Waals surface area (Å²) in [5, 5.41) is 10.7. The van der Waals surface area contributed by atoms with Crippen LogP contribution in [0.2, 0.25) is 18.1 Å². The molecule has 134 valence electrons. The van der Waals surface area contributed by atoms with Crippen LogP contribution in [0.5, 0.6) is 0 Å². The SMILES string of the molecule is CC(C)(C)[Si](C)(C)O[C@H]1C=C[C@@H](OCc2ccccc2)[C@H](O)[C@@H]1Br. The Morgan fingerprint density at radius 3 is 2.25 bits per heavy atom. The number of halogens is 1. The number of aliphatic hydroxyl groups is 1. The Morgan fingerprint density at radius 2 is 1.67 bits per heavy atom. The zero-order chi connectivity index (χ0) is 18.0. The molecule has 1 aliphatic rings. The van der Waals surface area contributed by atoms with Crippen LogP contribution >= 0.6 is 15.9 Å². The summed E-state index contributed by atoms with van der Waals surface area (Å²) in [6.45, 7) is 11.6. The average Bonchev–Trinajstić information content (AvgIpc) is 2.51. The molecule has 1 aliphatic carbocycles. The van der Waals surface area contributed by atoms with Crippen LogP contribution in [0.3, 0.4) is 0 Å². The summed E-state index contributed by atoms with van der Waals surface area (Å²) >= 11 is 3.62. The summed E-state index contributed by atoms with van der Waals surface area (Å²) in [5.41, 5.74) is 1.10. The molecule has 4 atom stereocenters. The molecule has 0 amide bonds. The van der Waals surface area contributed by atoms with Gasteiger partial charge in [0.05, 0.1) is 23.6 Å². The van der Waals surface area contributed by atoms with Crippen molar-refractivity contribution >= 4 is 24.2 Å². The Balaban J connectivity index is 2.00. The van der Waals surface area contributed by atoms with E-state index in [1.165, 1.54) is 0 Å². The molecule has 0 heterocycles. The fourth-order valence-electron chi connectivity index (χ4n) is 2.36. The fourth-order valence-corrected chi connectivity index (χ4v) is 4.40. The molecule has 1 N–H and O–H groups in total. The van der Waals surface area contributed by atoms with Crippen molar-refractivity contribution in [2.45, 2.75) is 68.6 Å². The largest absolute Gasteiger partial charge is 0.409 e. The molecule has 0 saturated carbocycles. The van der Waals surface area contributed by atoms with Crippen LogP contribution in [-0.4, -0.2) is 36.6 Å². The van der Waals surface area contributed by atoms with Crippen molar-refractivity contribution in [1.82, 2.24) is 0 Å². The van der Waals surface area contributed by atoms with Gasteiger partial charge in [-0.05, 0) is 23.7 Å². The van der Waals surface area contributed by atoms with Crippen molar-refractivity contribution < 1.29 is 14.3 Å². The van der Waals surface area contributed by atoms with Crippen LogP contribution < -0.4 is 0 Å². The van der Waals surface area contributed by atoms with E-state index in [0.29, 0.717) is 6.61 Å². The highest BCUT2D eigenvalue weighted by Gasteiger charge is 2.43. The molecule has 1 aromatic carbocycles. The number of hydrogen-bond donors (Lipinski definition) is 1. The molecular formula is C19H29BrO3Si. The smallest absolute Gasteiger partial charge is 0.192 e. The summed E-state index contributed by atoms with van der Waals surface area (Å²) < 4.78 is 12.3. The van der Waals surface area contributed by atoms with Crippen molar-refractivity contribution in [1.29, 1.82) is 0 Å². The van der Waals surface area contributed by atoms with Crippen molar-refractivity contribution in [3.8, 4) is 0 Å². The molecule has 0 aromatic heterocycles. The van der Waals surface area contributed by atoms with E-state index < -0.39 is 14.4 Å². The fraction of sp³-hybridized carbons (Fsp3) is 0.579. The van der Waals surface area contributed by atoms with E-state index in [4.69, 9.17) is 9.16 Å². The van der Waals surface area contributed by atoms with Gasteiger partial charge in [-0.1, -0.05) is 79.2 Å². The van der Waals surface area contributed by atoms with Crippen molar-refractivity contribution in [3.05, 3.63) is 48.0 Å². The summed E-state index contributed by atoms with van der Waals surface area (Å²) in [5.74, 6) is 0. The molecule has 0 aliphatic heterocycles. The van der Waals surface area contributed by atoms with Gasteiger partial charge < -0.3 is 14.3 Å². The third-order valence-electron chi connectivity index (χ3n) is 4.99. The zero-order valence-electron chi connectivity index (χ0n) is 15.2. The van der Waals surface area contributed by atoms with Crippen LogP contribution in [-0.2, 0) is 15.8 Å². The van der Waals surface area contributed by atoms with Gasteiger partial charge >= 0.3 is 0 Å². The van der Waals surface area contributed by atoms with Crippen molar-refractivity contribution in [3.63, 3.8) is 0 Å². The Labute approximate surface area is 155 Å². The number of rotatable bonds is 5. The first-order valence-corrected chi connectivity index (χ1v) is 12.3. The first kappa shape index (κ1) is 19.9. The van der Waals surface area contributed by atoms with Crippen molar-refractivity contribution in [2.24, 2.45) is 0 Å². The van der Waals surface area contributed by atoms with E-state index in [0.717, 1.165) is 5.56 Å². The molecule has 0 radical (unpaired) electrons. The molecule has 0 saturated heterocycles. The van der Waals surface area contributed by atoms with Crippen molar-refractivity contribution in [2.75, 3.05) is 0 Å². The normalized spacial score (nSPS) is 28.1. The van der Waals surface area contributed by atoms with Crippen LogP contribution in [0.4, 0.5) is 0 Å². The quantitative estimate of drug-likeness (QED) is 0.434. The number of alkyl halides is 1. The number of aliphatic hydroxyl groups excluding tert-OH is 1. The molecule has 24 heavy (non-hydrogen) atoms. The molecule has 0 bridgehead atoms. The second kappa shape index (κ2) is 7.83. The van der Waals surface area contributed by atoms with Gasteiger partial charge in [0.2, 0.25) is 0 Å². The maximum atomic E-state index is 10.6. The molecule has 1 aromatic rings. The van der Waals surface area contributed by atoms with E-state index in [9.17, 15) is 5.11 Å². The minimum Gasteiger partial charge on any atom is -0.409 e. The van der Waals surface area contributed by atoms with E-state index in [-0.39, 0.29) is 22.1 Å². The van der Waals surface area contributed by atoms with E-state index in [2.05, 4.69) is 49.8 Å². The van der Waals surface area contributed by atoms with Gasteiger partial charge in [-0.15, -0.1) is 0 Å². The van der Waals surface area contributed by atoms with Crippen LogP contribution in [0.1, 0.15) is 26.3 Å². The minimum atomic E-state index is -1.89. The van der Waals surface area contributed by atoms with Crippen LogP contribution in [0, 0.1) is 0 Å². The predicted octanol–water partition coefficient (Wildman–Crippen LogP) is 4.66. The first-order valence-electron chi connectivity index (χ1n) is 8.45. The molecule has 2 rings (SSSR count). The second-order valence-electron chi connectivity index (χ2n) is 7.92. The molecule has 5 heteroatoms. The second-order valence-corrected chi connectivity index (χ2v) is 13.7. The first-order chi connectivity index (χ1) is 11.1. The molecule has 3 nitrogen and oxygen atoms in total.